The van der Waals surface area contributed by atoms with Crippen LogP contribution >= 0.6 is 0 Å². The molecule has 0 aromatic rings. The number of rotatable bonds is 6. The summed E-state index contributed by atoms with van der Waals surface area (Å²) in [5.74, 6) is -0.983. The number of fused-ring (bicyclic) bond motifs is 1. The normalized spacial score (nSPS) is 29.3. The molecule has 0 aromatic carbocycles. The summed E-state index contributed by atoms with van der Waals surface area (Å²) in [5.41, 5.74) is 0. The summed E-state index contributed by atoms with van der Waals surface area (Å²) >= 11 is 0. The quantitative estimate of drug-likeness (QED) is 0.623. The fourth-order valence-corrected chi connectivity index (χ4v) is 6.71. The summed E-state index contributed by atoms with van der Waals surface area (Å²) < 4.78 is 24.0. The third-order valence-electron chi connectivity index (χ3n) is 6.27. The zero-order valence-corrected chi connectivity index (χ0v) is 17.8. The number of carbonyl (C=O) groups excluding carboxylic acids is 3. The first kappa shape index (κ1) is 21.1. The van der Waals surface area contributed by atoms with Gasteiger partial charge in [0.05, 0.1) is 11.2 Å². The molecule has 3 atom stereocenters. The van der Waals surface area contributed by atoms with Gasteiger partial charge in [-0.1, -0.05) is 26.7 Å². The lowest BCUT2D eigenvalue weighted by molar-refractivity contribution is -0.150. The molecule has 2 N–H and O–H groups in total. The predicted octanol–water partition coefficient (Wildman–Crippen LogP) is 0.710. The Morgan fingerprint density at radius 2 is 1.82 bits per heavy atom. The van der Waals surface area contributed by atoms with Crippen LogP contribution in [0.2, 0.25) is 0 Å². The number of sulfone groups is 1. The van der Waals surface area contributed by atoms with E-state index in [1.54, 1.807) is 0 Å². The van der Waals surface area contributed by atoms with Crippen molar-refractivity contribution < 1.29 is 22.8 Å². The molecule has 8 nitrogen and oxygen atoms in total. The minimum Gasteiger partial charge on any atom is -0.352 e. The first-order valence-electron chi connectivity index (χ1n) is 10.1. The molecule has 3 amide bonds. The van der Waals surface area contributed by atoms with Crippen molar-refractivity contribution >= 4 is 27.6 Å². The molecule has 9 heteroatoms. The third kappa shape index (κ3) is 3.42. The summed E-state index contributed by atoms with van der Waals surface area (Å²) in [6.07, 6.45) is 4.41. The summed E-state index contributed by atoms with van der Waals surface area (Å²) in [4.78, 5) is 39.0. The smallest absolute Gasteiger partial charge is 0.245 e. The van der Waals surface area contributed by atoms with Crippen LogP contribution in [0.1, 0.15) is 66.2 Å². The lowest BCUT2D eigenvalue weighted by Crippen LogP contribution is -2.62. The highest BCUT2D eigenvalue weighted by molar-refractivity contribution is 7.93. The Balaban J connectivity index is 1.77. The Morgan fingerprint density at radius 1 is 1.21 bits per heavy atom. The number of amides is 3. The van der Waals surface area contributed by atoms with Crippen molar-refractivity contribution in [3.8, 4) is 0 Å². The Kier molecular flexibility index (Phi) is 5.51. The standard InChI is InChI=1S/C19H31N3O5S/c1-11(2)9-13(17(24)20-12-7-5-6-8-12)21-18(25)16-19(3,4)28(26,27)15-10-14(23)22(15)16/h11-13,15-16H,5-10H2,1-4H3,(H,20,24)(H,21,25). The van der Waals surface area contributed by atoms with Gasteiger partial charge in [-0.25, -0.2) is 8.42 Å². The van der Waals surface area contributed by atoms with Crippen LogP contribution in [0.3, 0.4) is 0 Å². The van der Waals surface area contributed by atoms with Crippen LogP contribution in [0, 0.1) is 5.92 Å². The van der Waals surface area contributed by atoms with Gasteiger partial charge in [0.1, 0.15) is 17.5 Å². The van der Waals surface area contributed by atoms with Crippen LogP contribution in [-0.4, -0.2) is 59.3 Å². The molecule has 0 aromatic heterocycles. The Bertz CT molecular complexity index is 770. The molecular formula is C19H31N3O5S. The van der Waals surface area contributed by atoms with Crippen LogP contribution < -0.4 is 10.6 Å². The molecular weight excluding hydrogens is 382 g/mol. The van der Waals surface area contributed by atoms with E-state index in [1.165, 1.54) is 18.7 Å². The van der Waals surface area contributed by atoms with E-state index >= 15 is 0 Å². The van der Waals surface area contributed by atoms with Crippen LogP contribution in [0.25, 0.3) is 0 Å². The molecule has 158 valence electrons. The molecule has 3 rings (SSSR count). The highest BCUT2D eigenvalue weighted by Crippen LogP contribution is 2.45. The molecule has 0 radical (unpaired) electrons. The van der Waals surface area contributed by atoms with E-state index < -0.39 is 37.9 Å². The first-order chi connectivity index (χ1) is 13.0. The van der Waals surface area contributed by atoms with E-state index in [4.69, 9.17) is 0 Å². The predicted molar refractivity (Wildman–Crippen MR) is 104 cm³/mol. The number of nitrogens with zero attached hydrogens (tertiary/aromatic N) is 1. The Hall–Kier alpha value is -1.64. The zero-order valence-electron chi connectivity index (χ0n) is 17.0. The summed E-state index contributed by atoms with van der Waals surface area (Å²) in [6.45, 7) is 6.88. The first-order valence-corrected chi connectivity index (χ1v) is 11.7. The second-order valence-corrected chi connectivity index (χ2v) is 11.9. The molecule has 0 spiro atoms. The number of nitrogens with one attached hydrogen (secondary N) is 2. The maximum Gasteiger partial charge on any atom is 0.245 e. The third-order valence-corrected chi connectivity index (χ3v) is 9.07. The van der Waals surface area contributed by atoms with E-state index in [0.717, 1.165) is 25.7 Å². The maximum atomic E-state index is 13.1. The SMILES string of the molecule is CC(C)CC(NC(=O)C1N2C(=O)CC2S(=O)(=O)C1(C)C)C(=O)NC1CCCC1. The van der Waals surface area contributed by atoms with Crippen LogP contribution in [0.4, 0.5) is 0 Å². The molecule has 2 saturated heterocycles. The fraction of sp³-hybridized carbons (Fsp3) is 0.842. The maximum absolute atomic E-state index is 13.1. The lowest BCUT2D eigenvalue weighted by Gasteiger charge is -2.37. The van der Waals surface area contributed by atoms with Gasteiger partial charge >= 0.3 is 0 Å². The van der Waals surface area contributed by atoms with E-state index in [1.807, 2.05) is 13.8 Å². The molecule has 1 aliphatic carbocycles. The van der Waals surface area contributed by atoms with Crippen LogP contribution in [-0.2, 0) is 24.2 Å². The number of hydrogen-bond donors (Lipinski definition) is 2. The second-order valence-electron chi connectivity index (χ2n) is 9.19. The van der Waals surface area contributed by atoms with Gasteiger partial charge in [0, 0.05) is 6.04 Å². The molecule has 3 unspecified atom stereocenters. The minimum absolute atomic E-state index is 0.0763. The van der Waals surface area contributed by atoms with Crippen molar-refractivity contribution in [1.82, 2.24) is 15.5 Å². The van der Waals surface area contributed by atoms with Crippen LogP contribution in [0.5, 0.6) is 0 Å². The molecule has 3 fully saturated rings. The summed E-state index contributed by atoms with van der Waals surface area (Å²) in [5, 5.41) is 4.83. The van der Waals surface area contributed by atoms with Gasteiger partial charge in [-0.2, -0.15) is 0 Å². The van der Waals surface area contributed by atoms with Gasteiger partial charge in [0.15, 0.2) is 9.84 Å². The van der Waals surface area contributed by atoms with Crippen molar-refractivity contribution in [3.63, 3.8) is 0 Å². The van der Waals surface area contributed by atoms with E-state index in [9.17, 15) is 22.8 Å². The number of hydrogen-bond acceptors (Lipinski definition) is 5. The average molecular weight is 414 g/mol. The second kappa shape index (κ2) is 7.31. The molecule has 2 heterocycles. The monoisotopic (exact) mass is 413 g/mol. The molecule has 1 saturated carbocycles. The van der Waals surface area contributed by atoms with Crippen molar-refractivity contribution in [2.45, 2.75) is 94.5 Å². The largest absolute Gasteiger partial charge is 0.352 e. The molecule has 0 bridgehead atoms. The molecule has 2 aliphatic heterocycles. The van der Waals surface area contributed by atoms with Crippen molar-refractivity contribution in [1.29, 1.82) is 0 Å². The van der Waals surface area contributed by atoms with Crippen LogP contribution in [0.15, 0.2) is 0 Å². The van der Waals surface area contributed by atoms with Crippen molar-refractivity contribution in [2.24, 2.45) is 5.92 Å². The van der Waals surface area contributed by atoms with Crippen molar-refractivity contribution in [3.05, 3.63) is 0 Å². The highest BCUT2D eigenvalue weighted by Gasteiger charge is 2.67. The summed E-state index contributed by atoms with van der Waals surface area (Å²) in [6, 6.07) is -1.73. The van der Waals surface area contributed by atoms with Crippen molar-refractivity contribution in [2.75, 3.05) is 0 Å². The Labute approximate surface area is 166 Å². The van der Waals surface area contributed by atoms with Gasteiger partial charge < -0.3 is 15.5 Å². The minimum atomic E-state index is -3.65. The number of β-lactam (4-membered cyclic amide) rings is 1. The van der Waals surface area contributed by atoms with E-state index in [2.05, 4.69) is 10.6 Å². The lowest BCUT2D eigenvalue weighted by atomic mass is 9.96. The van der Waals surface area contributed by atoms with Gasteiger partial charge in [0.25, 0.3) is 0 Å². The highest BCUT2D eigenvalue weighted by atomic mass is 32.2. The fourth-order valence-electron chi connectivity index (χ4n) is 4.58. The summed E-state index contributed by atoms with van der Waals surface area (Å²) in [7, 11) is -3.65. The molecule has 3 aliphatic rings. The average Bonchev–Trinajstić information content (AvgIpc) is 3.11. The van der Waals surface area contributed by atoms with E-state index in [-0.39, 0.29) is 30.2 Å². The van der Waals surface area contributed by atoms with Gasteiger partial charge in [-0.15, -0.1) is 0 Å². The Morgan fingerprint density at radius 3 is 2.36 bits per heavy atom. The topological polar surface area (TPSA) is 113 Å². The zero-order chi connectivity index (χ0) is 20.9. The molecule has 28 heavy (non-hydrogen) atoms. The number of carbonyl (C=O) groups is 3. The van der Waals surface area contributed by atoms with Gasteiger partial charge in [0.2, 0.25) is 17.7 Å². The van der Waals surface area contributed by atoms with Gasteiger partial charge in [-0.3, -0.25) is 14.4 Å². The van der Waals surface area contributed by atoms with E-state index in [0.29, 0.717) is 6.42 Å². The van der Waals surface area contributed by atoms with Gasteiger partial charge in [-0.05, 0) is 39.0 Å².